The fourth-order valence-corrected chi connectivity index (χ4v) is 1.54. The van der Waals surface area contributed by atoms with Crippen LogP contribution in [0.2, 0.25) is 0 Å². The molecule has 0 aromatic heterocycles. The fraction of sp³-hybridized carbons (Fsp3) is 0.500. The average molecular weight is 335 g/mol. The topological polar surface area (TPSA) is 0 Å². The predicted molar refractivity (Wildman–Crippen MR) is 121 cm³/mol. The van der Waals surface area contributed by atoms with Gasteiger partial charge in [0.05, 0.1) is 0 Å². The van der Waals surface area contributed by atoms with Crippen molar-refractivity contribution in [2.24, 2.45) is 5.92 Å². The quantitative estimate of drug-likeness (QED) is 0.425. The van der Waals surface area contributed by atoms with Gasteiger partial charge in [-0.15, -0.1) is 0 Å². The summed E-state index contributed by atoms with van der Waals surface area (Å²) < 4.78 is 0. The zero-order valence-corrected chi connectivity index (χ0v) is 18.6. The van der Waals surface area contributed by atoms with Crippen molar-refractivity contribution in [3.05, 3.63) is 72.9 Å². The van der Waals surface area contributed by atoms with E-state index in [0.717, 1.165) is 0 Å². The third-order valence-corrected chi connectivity index (χ3v) is 2.34. The number of rotatable bonds is 6. The highest BCUT2D eigenvalue weighted by Gasteiger charge is 2.08. The number of hydrogen-bond acceptors (Lipinski definition) is 0. The predicted octanol–water partition coefficient (Wildman–Crippen LogP) is 9.10. The van der Waals surface area contributed by atoms with Crippen LogP contribution in [0.25, 0.3) is 0 Å². The van der Waals surface area contributed by atoms with Crippen LogP contribution in [0.1, 0.15) is 76.2 Å². The van der Waals surface area contributed by atoms with Gasteiger partial charge in [-0.3, -0.25) is 0 Å². The molecule has 0 atom stereocenters. The zero-order chi connectivity index (χ0) is 20.4. The van der Waals surface area contributed by atoms with Gasteiger partial charge in [0.1, 0.15) is 0 Å². The van der Waals surface area contributed by atoms with Gasteiger partial charge in [0.15, 0.2) is 0 Å². The molecular weight excluding hydrogens is 288 g/mol. The van der Waals surface area contributed by atoms with Crippen LogP contribution in [-0.2, 0) is 0 Å². The van der Waals surface area contributed by atoms with Crippen molar-refractivity contribution < 1.29 is 0 Å². The van der Waals surface area contributed by atoms with Crippen LogP contribution >= 0.6 is 0 Å². The van der Waals surface area contributed by atoms with Gasteiger partial charge in [-0.2, -0.15) is 0 Å². The average Bonchev–Trinajstić information content (AvgIpc) is 2.67. The van der Waals surface area contributed by atoms with E-state index >= 15 is 0 Å². The van der Waals surface area contributed by atoms with Gasteiger partial charge in [0.2, 0.25) is 0 Å². The van der Waals surface area contributed by atoms with Crippen LogP contribution in [0.4, 0.5) is 0 Å². The van der Waals surface area contributed by atoms with Crippen molar-refractivity contribution in [3.8, 4) is 0 Å². The SMILES string of the molecule is C=C/C=C(\C=C/C)C(C)C(/C=C\C)=C/C=C.CC.CC.CC.CC. The molecule has 0 aliphatic heterocycles. The summed E-state index contributed by atoms with van der Waals surface area (Å²) in [4.78, 5) is 0. The van der Waals surface area contributed by atoms with Gasteiger partial charge >= 0.3 is 0 Å². The molecule has 0 fully saturated rings. The molecule has 0 heterocycles. The molecule has 0 aromatic rings. The zero-order valence-electron chi connectivity index (χ0n) is 18.6. The molecule has 0 saturated carbocycles. The minimum absolute atomic E-state index is 0.350. The molecular formula is C24H46. The minimum Gasteiger partial charge on any atom is -0.0991 e. The first-order chi connectivity index (χ1) is 11.7. The molecule has 0 aliphatic rings. The molecule has 0 spiro atoms. The molecule has 0 aliphatic carbocycles. The lowest BCUT2D eigenvalue weighted by atomic mass is 9.91. The Balaban J connectivity index is -0.000000130. The summed E-state index contributed by atoms with van der Waals surface area (Å²) in [7, 11) is 0. The standard InChI is InChI=1S/C16H22.4C2H6/c1-6-10-15(11-7-2)14(5)16(12-8-3)13-9-4;4*1-2/h6-14H,1,3H2,2,4-5H3;4*1-2H3/b11-7-,13-9-,15-10+,16-12+;;;;. The summed E-state index contributed by atoms with van der Waals surface area (Å²) in [5.74, 6) is 0.350. The highest BCUT2D eigenvalue weighted by Crippen LogP contribution is 2.22. The maximum absolute atomic E-state index is 3.75. The summed E-state index contributed by atoms with van der Waals surface area (Å²) in [5.41, 5.74) is 2.51. The second-order valence-corrected chi connectivity index (χ2v) is 3.53. The molecule has 0 bridgehead atoms. The van der Waals surface area contributed by atoms with E-state index in [1.54, 1.807) is 0 Å². The van der Waals surface area contributed by atoms with E-state index in [2.05, 4.69) is 32.2 Å². The van der Waals surface area contributed by atoms with Crippen molar-refractivity contribution in [2.75, 3.05) is 0 Å². The smallest absolute Gasteiger partial charge is 0.00607 e. The van der Waals surface area contributed by atoms with Crippen LogP contribution in [0.15, 0.2) is 72.9 Å². The van der Waals surface area contributed by atoms with E-state index in [9.17, 15) is 0 Å². The van der Waals surface area contributed by atoms with E-state index in [4.69, 9.17) is 0 Å². The second kappa shape index (κ2) is 37.6. The summed E-state index contributed by atoms with van der Waals surface area (Å²) in [5, 5.41) is 0. The molecule has 0 aromatic carbocycles. The van der Waals surface area contributed by atoms with Gasteiger partial charge in [0.25, 0.3) is 0 Å². The first-order valence-corrected chi connectivity index (χ1v) is 9.61. The van der Waals surface area contributed by atoms with Gasteiger partial charge in [-0.1, -0.05) is 124 Å². The number of allylic oxidation sites excluding steroid dienone is 10. The molecule has 0 radical (unpaired) electrons. The Kier molecular flexibility index (Phi) is 53.1. The van der Waals surface area contributed by atoms with Crippen molar-refractivity contribution in [1.82, 2.24) is 0 Å². The summed E-state index contributed by atoms with van der Waals surface area (Å²) in [6.07, 6.45) is 16.1. The van der Waals surface area contributed by atoms with Crippen molar-refractivity contribution in [3.63, 3.8) is 0 Å². The van der Waals surface area contributed by atoms with Crippen LogP contribution < -0.4 is 0 Å². The molecule has 142 valence electrons. The highest BCUT2D eigenvalue weighted by atomic mass is 14.1. The first kappa shape index (κ1) is 33.9. The molecule has 0 rings (SSSR count). The molecule has 0 amide bonds. The highest BCUT2D eigenvalue weighted by molar-refractivity contribution is 5.37. The monoisotopic (exact) mass is 334 g/mol. The molecule has 0 N–H and O–H groups in total. The lowest BCUT2D eigenvalue weighted by Crippen LogP contribution is -2.00. The van der Waals surface area contributed by atoms with E-state index in [0.29, 0.717) is 5.92 Å². The van der Waals surface area contributed by atoms with Crippen molar-refractivity contribution >= 4 is 0 Å². The van der Waals surface area contributed by atoms with E-state index < -0.39 is 0 Å². The van der Waals surface area contributed by atoms with Crippen LogP contribution in [-0.4, -0.2) is 0 Å². The first-order valence-electron chi connectivity index (χ1n) is 9.61. The Bertz CT molecular complexity index is 301. The summed E-state index contributed by atoms with van der Waals surface area (Å²) in [6, 6.07) is 0. The Morgan fingerprint density at radius 3 is 1.04 bits per heavy atom. The van der Waals surface area contributed by atoms with Gasteiger partial charge in [0, 0.05) is 5.92 Å². The maximum atomic E-state index is 3.75. The lowest BCUT2D eigenvalue weighted by Gasteiger charge is -2.14. The maximum Gasteiger partial charge on any atom is 0.00607 e. The minimum atomic E-state index is 0.350. The molecule has 0 nitrogen and oxygen atoms in total. The summed E-state index contributed by atoms with van der Waals surface area (Å²) in [6.45, 7) is 29.7. The Hall–Kier alpha value is -1.56. The Morgan fingerprint density at radius 2 is 0.875 bits per heavy atom. The molecule has 0 saturated heterocycles. The third kappa shape index (κ3) is 22.7. The van der Waals surface area contributed by atoms with Crippen molar-refractivity contribution in [1.29, 1.82) is 0 Å². The molecule has 0 heteroatoms. The van der Waals surface area contributed by atoms with Gasteiger partial charge in [-0.05, 0) is 25.0 Å². The van der Waals surface area contributed by atoms with Crippen LogP contribution in [0, 0.1) is 5.92 Å². The molecule has 0 unspecified atom stereocenters. The Labute approximate surface area is 155 Å². The van der Waals surface area contributed by atoms with Crippen LogP contribution in [0.3, 0.4) is 0 Å². The van der Waals surface area contributed by atoms with Gasteiger partial charge in [-0.25, -0.2) is 0 Å². The van der Waals surface area contributed by atoms with E-state index in [1.807, 2.05) is 106 Å². The second-order valence-electron chi connectivity index (χ2n) is 3.53. The lowest BCUT2D eigenvalue weighted by molar-refractivity contribution is 0.847. The molecule has 24 heavy (non-hydrogen) atoms. The van der Waals surface area contributed by atoms with Crippen LogP contribution in [0.5, 0.6) is 0 Å². The number of hydrogen-bond donors (Lipinski definition) is 0. The van der Waals surface area contributed by atoms with E-state index in [1.165, 1.54) is 11.1 Å². The third-order valence-electron chi connectivity index (χ3n) is 2.34. The normalized spacial score (nSPS) is 11.5. The fourth-order valence-electron chi connectivity index (χ4n) is 1.54. The Morgan fingerprint density at radius 1 is 0.625 bits per heavy atom. The van der Waals surface area contributed by atoms with Crippen molar-refractivity contribution in [2.45, 2.75) is 76.2 Å². The van der Waals surface area contributed by atoms with Gasteiger partial charge < -0.3 is 0 Å². The van der Waals surface area contributed by atoms with E-state index in [-0.39, 0.29) is 0 Å². The summed E-state index contributed by atoms with van der Waals surface area (Å²) >= 11 is 0. The largest absolute Gasteiger partial charge is 0.0991 e.